The van der Waals surface area contributed by atoms with Gasteiger partial charge >= 0.3 is 35.5 Å². The number of aromatic nitrogens is 1. The SMILES string of the molecule is CSCCC(NC(=O)c1ccc(C(O[SiH](C)C)(c2ccncc2)C(C)(C)C)cc1-c1ccccc1)C(=O)O.[NaH]. The van der Waals surface area contributed by atoms with E-state index in [1.807, 2.05) is 60.9 Å². The molecule has 2 unspecified atom stereocenters. The summed E-state index contributed by atoms with van der Waals surface area (Å²) in [6.07, 6.45) is 5.82. The van der Waals surface area contributed by atoms with Gasteiger partial charge in [-0.1, -0.05) is 57.2 Å². The number of carboxylic acids is 1. The summed E-state index contributed by atoms with van der Waals surface area (Å²) in [5.41, 5.74) is 2.84. The molecule has 0 saturated carbocycles. The van der Waals surface area contributed by atoms with Crippen LogP contribution in [0.4, 0.5) is 0 Å². The van der Waals surface area contributed by atoms with Crippen LogP contribution in [-0.4, -0.2) is 78.6 Å². The first-order chi connectivity index (χ1) is 18.0. The summed E-state index contributed by atoms with van der Waals surface area (Å²) in [5.74, 6) is -0.809. The number of hydrogen-bond acceptors (Lipinski definition) is 5. The van der Waals surface area contributed by atoms with Crippen molar-refractivity contribution >= 4 is 62.2 Å². The molecule has 2 atom stereocenters. The van der Waals surface area contributed by atoms with Crippen molar-refractivity contribution in [1.29, 1.82) is 0 Å². The van der Waals surface area contributed by atoms with E-state index in [0.717, 1.165) is 22.3 Å². The zero-order valence-corrected chi connectivity index (χ0v) is 25.0. The van der Waals surface area contributed by atoms with E-state index in [9.17, 15) is 14.7 Å². The van der Waals surface area contributed by atoms with Gasteiger partial charge in [0.15, 0.2) is 9.04 Å². The predicted molar refractivity (Wildman–Crippen MR) is 165 cm³/mol. The Kier molecular flexibility index (Phi) is 12.5. The number of carboxylic acid groups (broad SMARTS) is 1. The predicted octanol–water partition coefficient (Wildman–Crippen LogP) is 5.33. The Bertz CT molecular complexity index is 1240. The number of hydrogen-bond donors (Lipinski definition) is 2. The van der Waals surface area contributed by atoms with Crippen LogP contribution in [0.2, 0.25) is 13.1 Å². The van der Waals surface area contributed by atoms with Crippen LogP contribution in [0.3, 0.4) is 0 Å². The van der Waals surface area contributed by atoms with Crippen LogP contribution in [0, 0.1) is 5.41 Å². The fourth-order valence-corrected chi connectivity index (χ4v) is 6.64. The monoisotopic (exact) mass is 574 g/mol. The normalized spacial score (nSPS) is 13.7. The number of nitrogens with zero attached hydrogens (tertiary/aromatic N) is 1. The van der Waals surface area contributed by atoms with Gasteiger partial charge in [-0.15, -0.1) is 0 Å². The summed E-state index contributed by atoms with van der Waals surface area (Å²) in [5, 5.41) is 12.4. The first-order valence-corrected chi connectivity index (χ1v) is 17.0. The molecule has 204 valence electrons. The van der Waals surface area contributed by atoms with Crippen molar-refractivity contribution in [2.24, 2.45) is 5.41 Å². The minimum absolute atomic E-state index is 0. The topological polar surface area (TPSA) is 88.5 Å². The summed E-state index contributed by atoms with van der Waals surface area (Å²) in [7, 11) is -1.57. The second kappa shape index (κ2) is 14.6. The van der Waals surface area contributed by atoms with Gasteiger partial charge in [-0.2, -0.15) is 11.8 Å². The number of carbonyl (C=O) groups excluding carboxylic acids is 1. The molecular weight excluding hydrogens is 535 g/mol. The molecule has 9 heteroatoms. The van der Waals surface area contributed by atoms with Gasteiger partial charge in [0.2, 0.25) is 0 Å². The van der Waals surface area contributed by atoms with Crippen LogP contribution in [0.15, 0.2) is 73.1 Å². The van der Waals surface area contributed by atoms with Crippen LogP contribution in [0.1, 0.15) is 48.7 Å². The molecule has 0 aliphatic carbocycles. The van der Waals surface area contributed by atoms with Crippen molar-refractivity contribution in [3.8, 4) is 11.1 Å². The molecule has 3 aromatic rings. The third kappa shape index (κ3) is 7.84. The Morgan fingerprint density at radius 2 is 1.67 bits per heavy atom. The van der Waals surface area contributed by atoms with Crippen molar-refractivity contribution < 1.29 is 19.1 Å². The summed E-state index contributed by atoms with van der Waals surface area (Å²) < 4.78 is 6.94. The van der Waals surface area contributed by atoms with E-state index in [1.165, 1.54) is 0 Å². The van der Waals surface area contributed by atoms with Crippen molar-refractivity contribution in [2.45, 2.75) is 51.9 Å². The number of aliphatic carboxylic acids is 1. The van der Waals surface area contributed by atoms with Crippen molar-refractivity contribution in [2.75, 3.05) is 12.0 Å². The summed E-state index contributed by atoms with van der Waals surface area (Å²) >= 11 is 1.55. The molecule has 0 saturated heterocycles. The summed E-state index contributed by atoms with van der Waals surface area (Å²) in [6.45, 7) is 10.8. The Hall–Kier alpha value is -1.94. The minimum atomic E-state index is -1.57. The fraction of sp³-hybridized carbons (Fsp3) is 0.367. The summed E-state index contributed by atoms with van der Waals surface area (Å²) in [6, 6.07) is 18.5. The molecule has 2 N–H and O–H groups in total. The molecule has 0 aliphatic heterocycles. The van der Waals surface area contributed by atoms with Crippen molar-refractivity contribution in [3.05, 3.63) is 89.7 Å². The maximum atomic E-state index is 13.5. The average molecular weight is 575 g/mol. The number of benzene rings is 2. The molecule has 0 bridgehead atoms. The van der Waals surface area contributed by atoms with Gasteiger partial charge < -0.3 is 14.8 Å². The Balaban J connectivity index is 0.00000533. The first-order valence-electron chi connectivity index (χ1n) is 12.8. The molecule has 1 amide bonds. The number of rotatable bonds is 11. The molecule has 39 heavy (non-hydrogen) atoms. The number of thioether (sulfide) groups is 1. The first kappa shape index (κ1) is 33.3. The fourth-order valence-electron chi connectivity index (χ4n) is 4.83. The number of amides is 1. The maximum absolute atomic E-state index is 13.5. The van der Waals surface area contributed by atoms with E-state index in [-0.39, 0.29) is 35.0 Å². The van der Waals surface area contributed by atoms with Gasteiger partial charge in [0.25, 0.3) is 5.91 Å². The molecule has 2 aromatic carbocycles. The average Bonchev–Trinajstić information content (AvgIpc) is 2.89. The van der Waals surface area contributed by atoms with E-state index in [2.05, 4.69) is 44.2 Å². The van der Waals surface area contributed by atoms with Gasteiger partial charge in [-0.05, 0) is 83.5 Å². The second-order valence-corrected chi connectivity index (χ2v) is 13.9. The second-order valence-electron chi connectivity index (χ2n) is 10.6. The van der Waals surface area contributed by atoms with E-state index in [4.69, 9.17) is 4.43 Å². The third-order valence-electron chi connectivity index (χ3n) is 6.53. The molecule has 1 heterocycles. The molecule has 6 nitrogen and oxygen atoms in total. The quantitative estimate of drug-likeness (QED) is 0.301. The third-order valence-corrected chi connectivity index (χ3v) is 7.99. The summed E-state index contributed by atoms with van der Waals surface area (Å²) in [4.78, 5) is 29.6. The van der Waals surface area contributed by atoms with Crippen molar-refractivity contribution in [1.82, 2.24) is 10.3 Å². The zero-order valence-electron chi connectivity index (χ0n) is 23.0. The van der Waals surface area contributed by atoms with Gasteiger partial charge in [0.1, 0.15) is 11.6 Å². The van der Waals surface area contributed by atoms with E-state index in [0.29, 0.717) is 17.7 Å². The van der Waals surface area contributed by atoms with Gasteiger partial charge in [-0.25, -0.2) is 4.79 Å². The van der Waals surface area contributed by atoms with Gasteiger partial charge in [0, 0.05) is 18.0 Å². The Labute approximate surface area is 260 Å². The molecule has 1 aromatic heterocycles. The van der Waals surface area contributed by atoms with Gasteiger partial charge in [-0.3, -0.25) is 9.78 Å². The van der Waals surface area contributed by atoms with Crippen LogP contribution in [0.25, 0.3) is 11.1 Å². The Morgan fingerprint density at radius 1 is 1.03 bits per heavy atom. The molecule has 0 fully saturated rings. The number of pyridine rings is 1. The molecule has 0 radical (unpaired) electrons. The van der Waals surface area contributed by atoms with E-state index < -0.39 is 32.6 Å². The Morgan fingerprint density at radius 3 is 2.21 bits per heavy atom. The molecule has 0 spiro atoms. The van der Waals surface area contributed by atoms with Crippen molar-refractivity contribution in [3.63, 3.8) is 0 Å². The van der Waals surface area contributed by atoms with Gasteiger partial charge in [0.05, 0.1) is 0 Å². The molecular formula is C30H39N2NaO4SSi. The molecule has 3 rings (SSSR count). The van der Waals surface area contributed by atoms with Crippen LogP contribution >= 0.6 is 11.8 Å². The van der Waals surface area contributed by atoms with Crippen LogP contribution < -0.4 is 5.32 Å². The van der Waals surface area contributed by atoms with Crippen LogP contribution in [0.5, 0.6) is 0 Å². The zero-order chi connectivity index (χ0) is 27.9. The number of nitrogens with one attached hydrogen (secondary N) is 1. The van der Waals surface area contributed by atoms with Crippen LogP contribution in [-0.2, 0) is 14.8 Å². The van der Waals surface area contributed by atoms with E-state index >= 15 is 0 Å². The van der Waals surface area contributed by atoms with E-state index in [1.54, 1.807) is 30.2 Å². The standard InChI is InChI=1S/C30H38N2O4SSi.Na.H/c1-29(2,3)30(36-38(5)6,22-14-17-31-18-15-22)23-12-13-24(25(20-23)21-10-8-7-9-11-21)27(33)32-26(28(34)35)16-19-37-4;;/h7-15,17-18,20,26,38H,16,19H2,1-6H3,(H,32,33)(H,34,35);;. The number of carbonyl (C=O) groups is 2. The molecule has 0 aliphatic rings.